The highest BCUT2D eigenvalue weighted by atomic mass is 32.2. The SMILES string of the molecule is O=C(CCNS(=O)(=O)c1ccc2c(c1)OCCCO2)Nc1ccc(CCN2CCCC2)cc1. The molecule has 2 aromatic rings. The fraction of sp³-hybridized carbons (Fsp3) is 0.458. The molecule has 0 bridgehead atoms. The average molecular weight is 474 g/mol. The van der Waals surface area contributed by atoms with Crippen LogP contribution in [-0.4, -0.2) is 58.6 Å². The second-order valence-corrected chi connectivity index (χ2v) is 10.1. The van der Waals surface area contributed by atoms with Gasteiger partial charge in [-0.1, -0.05) is 12.1 Å². The van der Waals surface area contributed by atoms with Gasteiger partial charge in [-0.2, -0.15) is 0 Å². The van der Waals surface area contributed by atoms with Crippen LogP contribution in [0.2, 0.25) is 0 Å². The largest absolute Gasteiger partial charge is 0.490 e. The summed E-state index contributed by atoms with van der Waals surface area (Å²) in [7, 11) is -3.76. The van der Waals surface area contributed by atoms with E-state index in [0.717, 1.165) is 19.4 Å². The summed E-state index contributed by atoms with van der Waals surface area (Å²) >= 11 is 0. The molecule has 0 saturated carbocycles. The Hall–Kier alpha value is -2.62. The summed E-state index contributed by atoms with van der Waals surface area (Å²) in [4.78, 5) is 14.8. The Bertz CT molecular complexity index is 1050. The maximum absolute atomic E-state index is 12.6. The van der Waals surface area contributed by atoms with Gasteiger partial charge in [0.05, 0.1) is 18.1 Å². The Morgan fingerprint density at radius 3 is 2.42 bits per heavy atom. The quantitative estimate of drug-likeness (QED) is 0.581. The van der Waals surface area contributed by atoms with E-state index in [0.29, 0.717) is 30.4 Å². The number of hydrogen-bond acceptors (Lipinski definition) is 6. The molecule has 1 saturated heterocycles. The highest BCUT2D eigenvalue weighted by Crippen LogP contribution is 2.31. The van der Waals surface area contributed by atoms with Crippen LogP contribution in [0, 0.1) is 0 Å². The van der Waals surface area contributed by atoms with E-state index in [1.807, 2.05) is 24.3 Å². The van der Waals surface area contributed by atoms with Gasteiger partial charge in [-0.25, -0.2) is 13.1 Å². The van der Waals surface area contributed by atoms with Gasteiger partial charge in [-0.15, -0.1) is 0 Å². The molecule has 1 fully saturated rings. The van der Waals surface area contributed by atoms with Gasteiger partial charge < -0.3 is 19.7 Å². The third kappa shape index (κ3) is 6.69. The molecule has 2 aliphatic heterocycles. The normalized spacial score (nSPS) is 16.4. The zero-order valence-electron chi connectivity index (χ0n) is 18.7. The van der Waals surface area contributed by atoms with Crippen molar-refractivity contribution in [1.82, 2.24) is 9.62 Å². The number of carbonyl (C=O) groups is 1. The summed E-state index contributed by atoms with van der Waals surface area (Å²) in [6.45, 7) is 4.45. The second-order valence-electron chi connectivity index (χ2n) is 8.35. The lowest BCUT2D eigenvalue weighted by atomic mass is 10.1. The van der Waals surface area contributed by atoms with Gasteiger partial charge in [-0.3, -0.25) is 4.79 Å². The Morgan fingerprint density at radius 2 is 1.67 bits per heavy atom. The summed E-state index contributed by atoms with van der Waals surface area (Å²) < 4.78 is 38.8. The molecule has 8 nitrogen and oxygen atoms in total. The van der Waals surface area contributed by atoms with E-state index in [-0.39, 0.29) is 23.8 Å². The van der Waals surface area contributed by atoms with Crippen LogP contribution in [0.3, 0.4) is 0 Å². The summed E-state index contributed by atoms with van der Waals surface area (Å²) in [6, 6.07) is 12.3. The van der Waals surface area contributed by atoms with E-state index in [2.05, 4.69) is 14.9 Å². The zero-order chi connectivity index (χ0) is 23.1. The Labute approximate surface area is 195 Å². The van der Waals surface area contributed by atoms with Gasteiger partial charge in [-0.05, 0) is 62.2 Å². The van der Waals surface area contributed by atoms with Gasteiger partial charge >= 0.3 is 0 Å². The van der Waals surface area contributed by atoms with Crippen molar-refractivity contribution in [2.75, 3.05) is 44.7 Å². The van der Waals surface area contributed by atoms with Gasteiger partial charge in [0.2, 0.25) is 15.9 Å². The van der Waals surface area contributed by atoms with Crippen molar-refractivity contribution in [1.29, 1.82) is 0 Å². The number of likely N-dealkylation sites (tertiary alicyclic amines) is 1. The minimum Gasteiger partial charge on any atom is -0.490 e. The molecule has 0 unspecified atom stereocenters. The molecule has 1 amide bonds. The fourth-order valence-electron chi connectivity index (χ4n) is 3.96. The number of benzene rings is 2. The summed E-state index contributed by atoms with van der Waals surface area (Å²) in [5.41, 5.74) is 1.94. The third-order valence-corrected chi connectivity index (χ3v) is 7.29. The van der Waals surface area contributed by atoms with Crippen LogP contribution in [0.25, 0.3) is 0 Å². The van der Waals surface area contributed by atoms with Crippen LogP contribution in [0.4, 0.5) is 5.69 Å². The van der Waals surface area contributed by atoms with Gasteiger partial charge in [0.15, 0.2) is 11.5 Å². The van der Waals surface area contributed by atoms with E-state index in [1.54, 1.807) is 6.07 Å². The van der Waals surface area contributed by atoms with Crippen molar-refractivity contribution in [3.63, 3.8) is 0 Å². The van der Waals surface area contributed by atoms with Crippen molar-refractivity contribution >= 4 is 21.6 Å². The van der Waals surface area contributed by atoms with Crippen LogP contribution < -0.4 is 19.5 Å². The summed E-state index contributed by atoms with van der Waals surface area (Å²) in [5, 5.41) is 2.82. The van der Waals surface area contributed by atoms with Crippen LogP contribution in [-0.2, 0) is 21.2 Å². The molecule has 2 aromatic carbocycles. The number of nitrogens with one attached hydrogen (secondary N) is 2. The van der Waals surface area contributed by atoms with E-state index in [4.69, 9.17) is 9.47 Å². The van der Waals surface area contributed by atoms with E-state index < -0.39 is 10.0 Å². The topological polar surface area (TPSA) is 97.0 Å². The third-order valence-electron chi connectivity index (χ3n) is 5.83. The second kappa shape index (κ2) is 11.0. The molecule has 0 atom stereocenters. The van der Waals surface area contributed by atoms with Crippen LogP contribution >= 0.6 is 0 Å². The first-order valence-electron chi connectivity index (χ1n) is 11.5. The predicted molar refractivity (Wildman–Crippen MR) is 126 cm³/mol. The molecule has 0 aliphatic carbocycles. The molecule has 0 radical (unpaired) electrons. The van der Waals surface area contributed by atoms with Crippen molar-refractivity contribution in [3.05, 3.63) is 48.0 Å². The number of sulfonamides is 1. The summed E-state index contributed by atoms with van der Waals surface area (Å²) in [5.74, 6) is 0.700. The number of rotatable bonds is 9. The molecule has 178 valence electrons. The minimum atomic E-state index is -3.76. The monoisotopic (exact) mass is 473 g/mol. The zero-order valence-corrected chi connectivity index (χ0v) is 19.5. The van der Waals surface area contributed by atoms with Crippen LogP contribution in [0.15, 0.2) is 47.4 Å². The number of ether oxygens (including phenoxy) is 2. The maximum Gasteiger partial charge on any atom is 0.240 e. The number of amides is 1. The molecular formula is C24H31N3O5S. The van der Waals surface area contributed by atoms with Crippen molar-refractivity contribution in [2.24, 2.45) is 0 Å². The predicted octanol–water partition coefficient (Wildman–Crippen LogP) is 2.79. The first-order valence-corrected chi connectivity index (χ1v) is 13.0. The molecule has 0 aromatic heterocycles. The number of fused-ring (bicyclic) bond motifs is 1. The van der Waals surface area contributed by atoms with Crippen LogP contribution in [0.5, 0.6) is 11.5 Å². The number of hydrogen-bond donors (Lipinski definition) is 2. The average Bonchev–Trinajstić information content (AvgIpc) is 3.21. The first-order chi connectivity index (χ1) is 16.0. The maximum atomic E-state index is 12.6. The Morgan fingerprint density at radius 1 is 0.939 bits per heavy atom. The Balaban J connectivity index is 1.23. The summed E-state index contributed by atoms with van der Waals surface area (Å²) in [6.07, 6.45) is 4.34. The number of carbonyl (C=O) groups excluding carboxylic acids is 1. The molecule has 2 heterocycles. The highest BCUT2D eigenvalue weighted by molar-refractivity contribution is 7.89. The van der Waals surface area contributed by atoms with Gasteiger partial charge in [0.1, 0.15) is 0 Å². The van der Waals surface area contributed by atoms with Crippen molar-refractivity contribution in [3.8, 4) is 11.5 Å². The highest BCUT2D eigenvalue weighted by Gasteiger charge is 2.19. The minimum absolute atomic E-state index is 0.00345. The fourth-order valence-corrected chi connectivity index (χ4v) is 5.01. The number of anilines is 1. The molecular weight excluding hydrogens is 442 g/mol. The van der Waals surface area contributed by atoms with Crippen molar-refractivity contribution in [2.45, 2.75) is 37.0 Å². The van der Waals surface area contributed by atoms with E-state index >= 15 is 0 Å². The smallest absolute Gasteiger partial charge is 0.240 e. The molecule has 2 aliphatic rings. The van der Waals surface area contributed by atoms with Gasteiger partial charge in [0, 0.05) is 37.7 Å². The first kappa shape index (κ1) is 23.5. The Kier molecular flexibility index (Phi) is 7.85. The van der Waals surface area contributed by atoms with E-state index in [1.165, 1.54) is 43.6 Å². The number of nitrogens with zero attached hydrogens (tertiary/aromatic N) is 1. The van der Waals surface area contributed by atoms with Gasteiger partial charge in [0.25, 0.3) is 0 Å². The molecule has 4 rings (SSSR count). The lowest BCUT2D eigenvalue weighted by Gasteiger charge is -2.14. The molecule has 2 N–H and O–H groups in total. The lowest BCUT2D eigenvalue weighted by molar-refractivity contribution is -0.116. The molecule has 9 heteroatoms. The lowest BCUT2D eigenvalue weighted by Crippen LogP contribution is -2.27. The van der Waals surface area contributed by atoms with Crippen molar-refractivity contribution < 1.29 is 22.7 Å². The molecule has 33 heavy (non-hydrogen) atoms. The van der Waals surface area contributed by atoms with Crippen LogP contribution in [0.1, 0.15) is 31.2 Å². The standard InChI is InChI=1S/C24H31N3O5S/c28-24(26-20-6-4-19(5-7-20)11-15-27-13-1-2-14-27)10-12-25-33(29,30)21-8-9-22-23(18-21)32-17-3-16-31-22/h4-9,18,25H,1-3,10-17H2,(H,26,28). The molecule has 0 spiro atoms. The van der Waals surface area contributed by atoms with E-state index in [9.17, 15) is 13.2 Å².